The molecule has 1 aromatic carbocycles. The topological polar surface area (TPSA) is 158 Å². The highest BCUT2D eigenvalue weighted by molar-refractivity contribution is 5.85. The molecule has 6 atom stereocenters. The van der Waals surface area contributed by atoms with Gasteiger partial charge in [0.15, 0.2) is 6.23 Å². The van der Waals surface area contributed by atoms with Crippen LogP contribution in [0.4, 0.5) is 4.79 Å². The maximum absolute atomic E-state index is 14.0. The van der Waals surface area contributed by atoms with Crippen molar-refractivity contribution < 1.29 is 39.2 Å². The molecule has 0 aromatic heterocycles. The number of nitrogens with one attached hydrogen (secondary N) is 2. The number of aliphatic hydroxyl groups is 3. The first-order valence-electron chi connectivity index (χ1n) is 24.4. The predicted octanol–water partition coefficient (Wildman–Crippen LogP) is 10.0. The number of carbonyl (C=O) groups is 3. The van der Waals surface area contributed by atoms with E-state index in [-0.39, 0.29) is 12.5 Å². The molecule has 3 amide bonds. The Labute approximate surface area is 364 Å². The lowest BCUT2D eigenvalue weighted by Gasteiger charge is -2.47. The fourth-order valence-electron chi connectivity index (χ4n) is 8.12. The van der Waals surface area contributed by atoms with Crippen LogP contribution < -0.4 is 10.6 Å². The van der Waals surface area contributed by atoms with Crippen LogP contribution >= 0.6 is 0 Å². The van der Waals surface area contributed by atoms with Gasteiger partial charge < -0.3 is 40.3 Å². The van der Waals surface area contributed by atoms with E-state index in [1.165, 1.54) is 129 Å². The van der Waals surface area contributed by atoms with Gasteiger partial charge in [0, 0.05) is 13.0 Å². The molecule has 0 radical (unpaired) electrons. The van der Waals surface area contributed by atoms with Gasteiger partial charge in [-0.05, 0) is 25.3 Å². The Bertz CT molecular complexity index is 1220. The highest BCUT2D eigenvalue weighted by Crippen LogP contribution is 2.26. The van der Waals surface area contributed by atoms with Gasteiger partial charge in [0.05, 0.1) is 6.61 Å². The first kappa shape index (κ1) is 53.4. The van der Waals surface area contributed by atoms with E-state index in [2.05, 4.69) is 24.5 Å². The predicted molar refractivity (Wildman–Crippen MR) is 241 cm³/mol. The SMILES string of the molecule is CCCCCCCCCCCCCCCCCCN(C(=O)CCCCCCCCCCCCC)[C@@H]1O[C@H](CO)[C@H](O)[C@H](O)[C@H]1NC(=O)[C@H](C)NC(=O)OCc1ccccc1. The zero-order valence-corrected chi connectivity index (χ0v) is 38.1. The van der Waals surface area contributed by atoms with Crippen molar-refractivity contribution in [3.05, 3.63) is 35.9 Å². The number of aliphatic hydroxyl groups excluding tert-OH is 3. The van der Waals surface area contributed by atoms with Crippen LogP contribution in [-0.2, 0) is 25.7 Å². The Balaban J connectivity index is 1.96. The summed E-state index contributed by atoms with van der Waals surface area (Å²) in [6.45, 7) is 5.80. The number of hydrogen-bond acceptors (Lipinski definition) is 8. The van der Waals surface area contributed by atoms with Gasteiger partial charge in [-0.15, -0.1) is 0 Å². The van der Waals surface area contributed by atoms with Crippen molar-refractivity contribution in [1.29, 1.82) is 0 Å². The zero-order chi connectivity index (χ0) is 43.6. The first-order valence-corrected chi connectivity index (χ1v) is 24.4. The average Bonchev–Trinajstić information content (AvgIpc) is 3.25. The molecule has 1 heterocycles. The molecule has 1 saturated heterocycles. The first-order chi connectivity index (χ1) is 29.2. The van der Waals surface area contributed by atoms with Crippen LogP contribution in [0, 0.1) is 0 Å². The van der Waals surface area contributed by atoms with E-state index >= 15 is 0 Å². The molecule has 0 unspecified atom stereocenters. The molecule has 1 aromatic rings. The van der Waals surface area contributed by atoms with Gasteiger partial charge in [0.25, 0.3) is 0 Å². The molecule has 2 rings (SSSR count). The number of benzene rings is 1. The smallest absolute Gasteiger partial charge is 0.408 e. The third-order valence-electron chi connectivity index (χ3n) is 12.0. The Kier molecular flexibility index (Phi) is 31.0. The number of unbranched alkanes of at least 4 members (excludes halogenated alkanes) is 25. The van der Waals surface area contributed by atoms with E-state index < -0.39 is 55.2 Å². The molecule has 346 valence electrons. The molecule has 11 nitrogen and oxygen atoms in total. The minimum absolute atomic E-state index is 0.0303. The van der Waals surface area contributed by atoms with E-state index in [0.29, 0.717) is 13.0 Å². The minimum Gasteiger partial charge on any atom is -0.445 e. The summed E-state index contributed by atoms with van der Waals surface area (Å²) in [5, 5.41) is 37.6. The van der Waals surface area contributed by atoms with Crippen molar-refractivity contribution in [3.8, 4) is 0 Å². The van der Waals surface area contributed by atoms with E-state index in [1.807, 2.05) is 30.3 Å². The van der Waals surface area contributed by atoms with Crippen molar-refractivity contribution >= 4 is 17.9 Å². The second kappa shape index (κ2) is 34.8. The van der Waals surface area contributed by atoms with Crippen LogP contribution in [0.15, 0.2) is 30.3 Å². The van der Waals surface area contributed by atoms with Crippen molar-refractivity contribution in [2.75, 3.05) is 13.2 Å². The molecule has 1 aliphatic heterocycles. The minimum atomic E-state index is -1.54. The monoisotopic (exact) mass is 846 g/mol. The molecule has 0 saturated carbocycles. The highest BCUT2D eigenvalue weighted by atomic mass is 16.6. The summed E-state index contributed by atoms with van der Waals surface area (Å²) >= 11 is 0. The van der Waals surface area contributed by atoms with Gasteiger partial charge in [0.2, 0.25) is 11.8 Å². The van der Waals surface area contributed by atoms with Gasteiger partial charge in [-0.1, -0.05) is 205 Å². The van der Waals surface area contributed by atoms with E-state index in [1.54, 1.807) is 4.90 Å². The van der Waals surface area contributed by atoms with Crippen molar-refractivity contribution in [3.63, 3.8) is 0 Å². The fraction of sp³-hybridized carbons (Fsp3) is 0.816. The normalized spacial score (nSPS) is 19.5. The standard InChI is InChI=1S/C49H87N3O8/c1-4-6-8-10-12-14-16-17-18-19-20-22-24-26-28-33-37-52(43(54)36-32-27-25-23-21-15-13-11-9-7-5-2)48-44(46(56)45(55)42(38-53)60-48)51-47(57)40(3)50-49(58)59-39-41-34-30-29-31-35-41/h29-31,34-35,40,42,44-46,48,53,55-56H,4-28,32-33,36-39H2,1-3H3,(H,50,58)(H,51,57)/t40-,42+,44+,45-,46+,48+/m0/s1. The number of rotatable bonds is 36. The number of amides is 3. The highest BCUT2D eigenvalue weighted by Gasteiger charge is 2.48. The summed E-state index contributed by atoms with van der Waals surface area (Å²) in [4.78, 5) is 41.7. The van der Waals surface area contributed by atoms with E-state index in [4.69, 9.17) is 9.47 Å². The summed E-state index contributed by atoms with van der Waals surface area (Å²) in [6.07, 6.45) is 26.7. The summed E-state index contributed by atoms with van der Waals surface area (Å²) in [7, 11) is 0. The Morgan fingerprint density at radius 3 is 1.58 bits per heavy atom. The van der Waals surface area contributed by atoms with Crippen molar-refractivity contribution in [2.24, 2.45) is 0 Å². The van der Waals surface area contributed by atoms with Crippen molar-refractivity contribution in [1.82, 2.24) is 15.5 Å². The van der Waals surface area contributed by atoms with Crippen LogP contribution in [0.25, 0.3) is 0 Å². The van der Waals surface area contributed by atoms with Gasteiger partial charge in [-0.2, -0.15) is 0 Å². The molecular weight excluding hydrogens is 759 g/mol. The van der Waals surface area contributed by atoms with Gasteiger partial charge in [-0.25, -0.2) is 4.79 Å². The lowest BCUT2D eigenvalue weighted by molar-refractivity contribution is -0.231. The van der Waals surface area contributed by atoms with Crippen LogP contribution in [-0.4, -0.2) is 87.9 Å². The molecule has 5 N–H and O–H groups in total. The van der Waals surface area contributed by atoms with E-state index in [0.717, 1.165) is 56.9 Å². The number of hydrogen-bond donors (Lipinski definition) is 5. The quantitative estimate of drug-likeness (QED) is 0.0418. The largest absolute Gasteiger partial charge is 0.445 e. The molecule has 60 heavy (non-hydrogen) atoms. The maximum atomic E-state index is 14.0. The number of alkyl carbamates (subject to hydrolysis) is 1. The van der Waals surface area contributed by atoms with Crippen LogP contribution in [0.1, 0.15) is 206 Å². The molecule has 11 heteroatoms. The summed E-state index contributed by atoms with van der Waals surface area (Å²) in [6, 6.07) is 6.91. The van der Waals surface area contributed by atoms with Crippen LogP contribution in [0.5, 0.6) is 0 Å². The summed E-state index contributed by atoms with van der Waals surface area (Å²) in [5.41, 5.74) is 0.796. The molecule has 1 fully saturated rings. The van der Waals surface area contributed by atoms with E-state index in [9.17, 15) is 29.7 Å². The van der Waals surface area contributed by atoms with Gasteiger partial charge in [-0.3, -0.25) is 9.59 Å². The fourth-order valence-corrected chi connectivity index (χ4v) is 8.12. The summed E-state index contributed by atoms with van der Waals surface area (Å²) in [5.74, 6) is -0.786. The molecule has 0 spiro atoms. The number of carbonyl (C=O) groups excluding carboxylic acids is 3. The molecular formula is C49H87N3O8. The second-order valence-corrected chi connectivity index (χ2v) is 17.4. The lowest BCUT2D eigenvalue weighted by atomic mass is 9.94. The van der Waals surface area contributed by atoms with Crippen LogP contribution in [0.2, 0.25) is 0 Å². The second-order valence-electron chi connectivity index (χ2n) is 17.4. The Morgan fingerprint density at radius 1 is 0.667 bits per heavy atom. The van der Waals surface area contributed by atoms with Gasteiger partial charge in [0.1, 0.15) is 37.0 Å². The summed E-state index contributed by atoms with van der Waals surface area (Å²) < 4.78 is 11.5. The lowest BCUT2D eigenvalue weighted by Crippen LogP contribution is -2.69. The van der Waals surface area contributed by atoms with Gasteiger partial charge >= 0.3 is 6.09 Å². The Hall–Kier alpha value is -2.73. The van der Waals surface area contributed by atoms with Crippen molar-refractivity contribution in [2.45, 2.75) is 244 Å². The molecule has 0 aliphatic carbocycles. The molecule has 1 aliphatic rings. The average molecular weight is 846 g/mol. The number of nitrogens with zero attached hydrogens (tertiary/aromatic N) is 1. The maximum Gasteiger partial charge on any atom is 0.408 e. The molecule has 0 bridgehead atoms. The third-order valence-corrected chi connectivity index (χ3v) is 12.0. The Morgan fingerprint density at radius 2 is 1.12 bits per heavy atom. The third kappa shape index (κ3) is 23.5. The zero-order valence-electron chi connectivity index (χ0n) is 38.1. The number of ether oxygens (including phenoxy) is 2. The van der Waals surface area contributed by atoms with Crippen LogP contribution in [0.3, 0.4) is 0 Å².